The van der Waals surface area contributed by atoms with Crippen LogP contribution >= 0.6 is 0 Å². The molecule has 4 nitrogen and oxygen atoms in total. The van der Waals surface area contributed by atoms with E-state index in [1.54, 1.807) is 0 Å². The van der Waals surface area contributed by atoms with Crippen LogP contribution in [0.3, 0.4) is 0 Å². The summed E-state index contributed by atoms with van der Waals surface area (Å²) in [4.78, 5) is 0. The van der Waals surface area contributed by atoms with Gasteiger partial charge in [0.1, 0.15) is 0 Å². The van der Waals surface area contributed by atoms with E-state index in [1.165, 1.54) is 19.1 Å². The fraction of sp³-hybridized carbons (Fsp3) is 1.00. The van der Waals surface area contributed by atoms with Crippen molar-refractivity contribution in [1.82, 2.24) is 5.32 Å². The van der Waals surface area contributed by atoms with Crippen LogP contribution in [0, 0.1) is 0 Å². The SMILES string of the molecule is CS(=O)(=O)C1(CNC2CC2)CCOCC1. The van der Waals surface area contributed by atoms with E-state index < -0.39 is 14.6 Å². The number of ether oxygens (including phenoxy) is 1. The molecule has 1 aliphatic heterocycles. The minimum absolute atomic E-state index is 0.562. The molecule has 1 saturated carbocycles. The van der Waals surface area contributed by atoms with E-state index in [0.717, 1.165) is 0 Å². The molecule has 0 atom stereocenters. The van der Waals surface area contributed by atoms with Gasteiger partial charge in [0.2, 0.25) is 0 Å². The summed E-state index contributed by atoms with van der Waals surface area (Å²) in [7, 11) is -3.00. The lowest BCUT2D eigenvalue weighted by Crippen LogP contribution is -2.51. The van der Waals surface area contributed by atoms with E-state index in [2.05, 4.69) is 5.32 Å². The van der Waals surface area contributed by atoms with Crippen molar-refractivity contribution in [3.8, 4) is 0 Å². The van der Waals surface area contributed by atoms with E-state index in [1.807, 2.05) is 0 Å². The molecule has 1 aliphatic carbocycles. The summed E-state index contributed by atoms with van der Waals surface area (Å²) in [6.07, 6.45) is 5.00. The van der Waals surface area contributed by atoms with Gasteiger partial charge in [0.25, 0.3) is 0 Å². The molecule has 2 fully saturated rings. The van der Waals surface area contributed by atoms with E-state index in [0.29, 0.717) is 38.6 Å². The topological polar surface area (TPSA) is 55.4 Å². The fourth-order valence-electron chi connectivity index (χ4n) is 2.04. The van der Waals surface area contributed by atoms with Gasteiger partial charge in [0.15, 0.2) is 9.84 Å². The van der Waals surface area contributed by atoms with Crippen molar-refractivity contribution in [2.45, 2.75) is 36.5 Å². The minimum Gasteiger partial charge on any atom is -0.381 e. The molecule has 0 spiro atoms. The molecule has 88 valence electrons. The number of hydrogen-bond donors (Lipinski definition) is 1. The van der Waals surface area contributed by atoms with Crippen LogP contribution in [0.5, 0.6) is 0 Å². The van der Waals surface area contributed by atoms with Crippen LogP contribution in [0.15, 0.2) is 0 Å². The summed E-state index contributed by atoms with van der Waals surface area (Å²) in [6.45, 7) is 1.73. The smallest absolute Gasteiger partial charge is 0.154 e. The maximum Gasteiger partial charge on any atom is 0.154 e. The van der Waals surface area contributed by atoms with Crippen LogP contribution < -0.4 is 5.32 Å². The third-order valence-corrected chi connectivity index (χ3v) is 5.61. The zero-order chi connectivity index (χ0) is 10.9. The Balaban J connectivity index is 2.05. The normalized spacial score (nSPS) is 26.5. The Hall–Kier alpha value is -0.130. The molecule has 0 aromatic carbocycles. The number of rotatable bonds is 4. The summed E-state index contributed by atoms with van der Waals surface area (Å²) in [5, 5.41) is 3.34. The highest BCUT2D eigenvalue weighted by atomic mass is 32.2. The largest absolute Gasteiger partial charge is 0.381 e. The third kappa shape index (κ3) is 2.52. The van der Waals surface area contributed by atoms with E-state index in [4.69, 9.17) is 4.74 Å². The van der Waals surface area contributed by atoms with Crippen molar-refractivity contribution >= 4 is 9.84 Å². The highest BCUT2D eigenvalue weighted by Gasteiger charge is 2.42. The molecule has 0 aromatic rings. The van der Waals surface area contributed by atoms with Crippen LogP contribution in [-0.4, -0.2) is 45.2 Å². The second-order valence-corrected chi connectivity index (χ2v) is 7.13. The summed E-state index contributed by atoms with van der Waals surface area (Å²) in [5.74, 6) is 0. The molecule has 1 saturated heterocycles. The maximum atomic E-state index is 11.8. The highest BCUT2D eigenvalue weighted by molar-refractivity contribution is 7.92. The van der Waals surface area contributed by atoms with Gasteiger partial charge in [0.05, 0.1) is 4.75 Å². The van der Waals surface area contributed by atoms with Crippen molar-refractivity contribution in [3.63, 3.8) is 0 Å². The lowest BCUT2D eigenvalue weighted by molar-refractivity contribution is 0.0744. The molecule has 1 heterocycles. The molecule has 0 amide bonds. The van der Waals surface area contributed by atoms with Gasteiger partial charge in [0, 0.05) is 32.1 Å². The zero-order valence-electron chi connectivity index (χ0n) is 9.16. The predicted molar refractivity (Wildman–Crippen MR) is 58.7 cm³/mol. The maximum absolute atomic E-state index is 11.8. The summed E-state index contributed by atoms with van der Waals surface area (Å²) in [6, 6.07) is 0.562. The quantitative estimate of drug-likeness (QED) is 0.760. The highest BCUT2D eigenvalue weighted by Crippen LogP contribution is 2.30. The van der Waals surface area contributed by atoms with Gasteiger partial charge in [-0.1, -0.05) is 0 Å². The molecule has 2 rings (SSSR count). The summed E-state index contributed by atoms with van der Waals surface area (Å²) in [5.41, 5.74) is 0. The van der Waals surface area contributed by atoms with E-state index in [9.17, 15) is 8.42 Å². The van der Waals surface area contributed by atoms with Crippen LogP contribution in [0.4, 0.5) is 0 Å². The first-order valence-electron chi connectivity index (χ1n) is 5.54. The second-order valence-electron chi connectivity index (χ2n) is 4.72. The van der Waals surface area contributed by atoms with E-state index in [-0.39, 0.29) is 0 Å². The van der Waals surface area contributed by atoms with Gasteiger partial charge in [-0.3, -0.25) is 0 Å². The Morgan fingerprint density at radius 1 is 1.33 bits per heavy atom. The second kappa shape index (κ2) is 4.03. The molecule has 1 N–H and O–H groups in total. The molecule has 0 bridgehead atoms. The van der Waals surface area contributed by atoms with Crippen molar-refractivity contribution in [2.24, 2.45) is 0 Å². The lowest BCUT2D eigenvalue weighted by Gasteiger charge is -2.35. The number of sulfone groups is 1. The van der Waals surface area contributed by atoms with Crippen LogP contribution in [0.1, 0.15) is 25.7 Å². The van der Waals surface area contributed by atoms with Crippen molar-refractivity contribution < 1.29 is 13.2 Å². The molecule has 0 unspecified atom stereocenters. The average Bonchev–Trinajstić information content (AvgIpc) is 2.98. The monoisotopic (exact) mass is 233 g/mol. The Labute approximate surface area is 91.3 Å². The van der Waals surface area contributed by atoms with Crippen molar-refractivity contribution in [2.75, 3.05) is 26.0 Å². The molecule has 0 aromatic heterocycles. The van der Waals surface area contributed by atoms with Crippen LogP contribution in [0.2, 0.25) is 0 Å². The zero-order valence-corrected chi connectivity index (χ0v) is 9.98. The van der Waals surface area contributed by atoms with Gasteiger partial charge in [-0.2, -0.15) is 0 Å². The first kappa shape index (κ1) is 11.4. The van der Waals surface area contributed by atoms with Crippen LogP contribution in [-0.2, 0) is 14.6 Å². The van der Waals surface area contributed by atoms with Crippen molar-refractivity contribution in [3.05, 3.63) is 0 Å². The first-order valence-corrected chi connectivity index (χ1v) is 7.43. The van der Waals surface area contributed by atoms with Gasteiger partial charge in [-0.25, -0.2) is 8.42 Å². The molecule has 15 heavy (non-hydrogen) atoms. The fourth-order valence-corrected chi connectivity index (χ4v) is 3.29. The van der Waals surface area contributed by atoms with Gasteiger partial charge < -0.3 is 10.1 Å². The van der Waals surface area contributed by atoms with Gasteiger partial charge >= 0.3 is 0 Å². The summed E-state index contributed by atoms with van der Waals surface area (Å²) >= 11 is 0. The lowest BCUT2D eigenvalue weighted by atomic mass is 9.99. The molecule has 0 radical (unpaired) electrons. The van der Waals surface area contributed by atoms with Crippen LogP contribution in [0.25, 0.3) is 0 Å². The predicted octanol–water partition coefficient (Wildman–Crippen LogP) is 0.332. The Bertz CT molecular complexity index is 316. The average molecular weight is 233 g/mol. The molecule has 2 aliphatic rings. The van der Waals surface area contributed by atoms with Crippen molar-refractivity contribution in [1.29, 1.82) is 0 Å². The number of nitrogens with one attached hydrogen (secondary N) is 1. The van der Waals surface area contributed by atoms with Gasteiger partial charge in [-0.05, 0) is 25.7 Å². The molecule has 5 heteroatoms. The molecular weight excluding hydrogens is 214 g/mol. The van der Waals surface area contributed by atoms with Gasteiger partial charge in [-0.15, -0.1) is 0 Å². The minimum atomic E-state index is -3.00. The Morgan fingerprint density at radius 3 is 2.40 bits per heavy atom. The first-order chi connectivity index (χ1) is 7.04. The number of hydrogen-bond acceptors (Lipinski definition) is 4. The third-order valence-electron chi connectivity index (χ3n) is 3.48. The standard InChI is InChI=1S/C10H19NO3S/c1-15(12,13)10(4-6-14-7-5-10)8-11-9-2-3-9/h9,11H,2-8H2,1H3. The Kier molecular flexibility index (Phi) is 3.05. The Morgan fingerprint density at radius 2 is 1.93 bits per heavy atom. The van der Waals surface area contributed by atoms with E-state index >= 15 is 0 Å². The molecular formula is C10H19NO3S. The summed E-state index contributed by atoms with van der Waals surface area (Å²) < 4.78 is 28.4.